The van der Waals surface area contributed by atoms with E-state index in [-0.39, 0.29) is 11.7 Å². The van der Waals surface area contributed by atoms with Gasteiger partial charge in [0.1, 0.15) is 11.4 Å². The Bertz CT molecular complexity index is 360. The van der Waals surface area contributed by atoms with Gasteiger partial charge < -0.3 is 9.84 Å². The number of esters is 1. The van der Waals surface area contributed by atoms with Crippen molar-refractivity contribution in [3.05, 3.63) is 29.8 Å². The summed E-state index contributed by atoms with van der Waals surface area (Å²) in [6.07, 6.45) is 2.01. The number of carbonyl (C=O) groups is 1. The Labute approximate surface area is 102 Å². The number of phenolic OH excluding ortho intramolecular Hbond substituents is 1. The fraction of sp³-hybridized carbons (Fsp3) is 0.500. The lowest BCUT2D eigenvalue weighted by molar-refractivity contribution is -0.154. The number of aromatic hydroxyl groups is 1. The predicted molar refractivity (Wildman–Crippen MR) is 66.9 cm³/mol. The van der Waals surface area contributed by atoms with E-state index in [1.807, 2.05) is 32.9 Å². The van der Waals surface area contributed by atoms with Crippen molar-refractivity contribution in [2.24, 2.45) is 0 Å². The van der Waals surface area contributed by atoms with Gasteiger partial charge in [-0.3, -0.25) is 4.79 Å². The highest BCUT2D eigenvalue weighted by Gasteiger charge is 2.15. The minimum absolute atomic E-state index is 0.156. The highest BCUT2D eigenvalue weighted by molar-refractivity contribution is 5.69. The van der Waals surface area contributed by atoms with E-state index < -0.39 is 5.60 Å². The molecule has 0 fully saturated rings. The van der Waals surface area contributed by atoms with Gasteiger partial charge in [-0.15, -0.1) is 0 Å². The summed E-state index contributed by atoms with van der Waals surface area (Å²) in [7, 11) is 0. The van der Waals surface area contributed by atoms with Crippen LogP contribution in [0.4, 0.5) is 0 Å². The summed E-state index contributed by atoms with van der Waals surface area (Å²) in [6.45, 7) is 5.60. The van der Waals surface area contributed by atoms with Crippen molar-refractivity contribution >= 4 is 5.97 Å². The highest BCUT2D eigenvalue weighted by atomic mass is 16.6. The maximum atomic E-state index is 11.4. The van der Waals surface area contributed by atoms with Gasteiger partial charge in [-0.1, -0.05) is 12.1 Å². The Morgan fingerprint density at radius 2 is 1.82 bits per heavy atom. The first-order chi connectivity index (χ1) is 7.87. The molecule has 0 aliphatic carbocycles. The summed E-state index contributed by atoms with van der Waals surface area (Å²) in [4.78, 5) is 11.4. The van der Waals surface area contributed by atoms with E-state index >= 15 is 0 Å². The third-order valence-electron chi connectivity index (χ3n) is 2.20. The smallest absolute Gasteiger partial charge is 0.306 e. The molecule has 1 N–H and O–H groups in total. The molecule has 1 aromatic carbocycles. The van der Waals surface area contributed by atoms with Crippen LogP contribution < -0.4 is 0 Å². The zero-order valence-electron chi connectivity index (χ0n) is 10.7. The fourth-order valence-electron chi connectivity index (χ4n) is 1.49. The Morgan fingerprint density at radius 3 is 2.35 bits per heavy atom. The van der Waals surface area contributed by atoms with Crippen LogP contribution in [0.3, 0.4) is 0 Å². The molecule has 1 aromatic rings. The maximum Gasteiger partial charge on any atom is 0.306 e. The van der Waals surface area contributed by atoms with Gasteiger partial charge in [-0.05, 0) is 51.3 Å². The van der Waals surface area contributed by atoms with E-state index in [1.54, 1.807) is 12.1 Å². The van der Waals surface area contributed by atoms with Crippen LogP contribution in [0.15, 0.2) is 24.3 Å². The van der Waals surface area contributed by atoms with Crippen molar-refractivity contribution in [1.82, 2.24) is 0 Å². The molecule has 0 bridgehead atoms. The molecule has 0 atom stereocenters. The van der Waals surface area contributed by atoms with E-state index in [0.29, 0.717) is 6.42 Å². The van der Waals surface area contributed by atoms with Crippen molar-refractivity contribution < 1.29 is 14.6 Å². The highest BCUT2D eigenvalue weighted by Crippen LogP contribution is 2.13. The first-order valence-corrected chi connectivity index (χ1v) is 5.86. The standard InChI is InChI=1S/C14H20O3/c1-14(2,3)17-13(16)6-4-5-11-7-9-12(15)10-8-11/h7-10,15H,4-6H2,1-3H3. The average Bonchev–Trinajstić information content (AvgIpc) is 2.18. The summed E-state index contributed by atoms with van der Waals surface area (Å²) in [5.41, 5.74) is 0.710. The number of hydrogen-bond donors (Lipinski definition) is 1. The minimum atomic E-state index is -0.407. The van der Waals surface area contributed by atoms with Crippen molar-refractivity contribution in [2.75, 3.05) is 0 Å². The van der Waals surface area contributed by atoms with Crippen LogP contribution in [0, 0.1) is 0 Å². The molecule has 0 aromatic heterocycles. The van der Waals surface area contributed by atoms with Crippen LogP contribution in [-0.4, -0.2) is 16.7 Å². The van der Waals surface area contributed by atoms with Crippen LogP contribution in [0.25, 0.3) is 0 Å². The summed E-state index contributed by atoms with van der Waals surface area (Å²) in [6, 6.07) is 7.04. The Hall–Kier alpha value is -1.51. The zero-order chi connectivity index (χ0) is 12.9. The quantitative estimate of drug-likeness (QED) is 0.817. The molecule has 94 valence electrons. The summed E-state index contributed by atoms with van der Waals surface area (Å²) >= 11 is 0. The topological polar surface area (TPSA) is 46.5 Å². The molecule has 0 radical (unpaired) electrons. The number of benzene rings is 1. The van der Waals surface area contributed by atoms with Gasteiger partial charge in [0.15, 0.2) is 0 Å². The molecule has 3 heteroatoms. The molecule has 0 saturated heterocycles. The lowest BCUT2D eigenvalue weighted by Crippen LogP contribution is -2.23. The summed E-state index contributed by atoms with van der Waals surface area (Å²) in [5.74, 6) is 0.108. The van der Waals surface area contributed by atoms with Crippen molar-refractivity contribution in [3.8, 4) is 5.75 Å². The van der Waals surface area contributed by atoms with E-state index in [0.717, 1.165) is 18.4 Å². The molecule has 3 nitrogen and oxygen atoms in total. The Balaban J connectivity index is 2.28. The van der Waals surface area contributed by atoms with Crippen LogP contribution in [0.2, 0.25) is 0 Å². The SMILES string of the molecule is CC(C)(C)OC(=O)CCCc1ccc(O)cc1. The molecule has 0 amide bonds. The van der Waals surface area contributed by atoms with Crippen LogP contribution in [0.5, 0.6) is 5.75 Å². The molecular weight excluding hydrogens is 216 g/mol. The molecular formula is C14H20O3. The van der Waals surface area contributed by atoms with Crippen LogP contribution in [0.1, 0.15) is 39.2 Å². The largest absolute Gasteiger partial charge is 0.508 e. The second-order valence-corrected chi connectivity index (χ2v) is 5.11. The first kappa shape index (κ1) is 13.6. The van der Waals surface area contributed by atoms with Crippen LogP contribution in [-0.2, 0) is 16.0 Å². The van der Waals surface area contributed by atoms with Gasteiger partial charge in [-0.2, -0.15) is 0 Å². The van der Waals surface area contributed by atoms with Gasteiger partial charge in [0.05, 0.1) is 0 Å². The Kier molecular flexibility index (Phi) is 4.55. The predicted octanol–water partition coefficient (Wildman–Crippen LogP) is 3.06. The van der Waals surface area contributed by atoms with Gasteiger partial charge in [-0.25, -0.2) is 0 Å². The fourth-order valence-corrected chi connectivity index (χ4v) is 1.49. The number of hydrogen-bond acceptors (Lipinski definition) is 3. The van der Waals surface area contributed by atoms with Gasteiger partial charge >= 0.3 is 5.97 Å². The molecule has 0 saturated carbocycles. The first-order valence-electron chi connectivity index (χ1n) is 5.86. The molecule has 0 aliphatic heterocycles. The second kappa shape index (κ2) is 5.71. The van der Waals surface area contributed by atoms with Gasteiger partial charge in [0.2, 0.25) is 0 Å². The lowest BCUT2D eigenvalue weighted by Gasteiger charge is -2.19. The monoisotopic (exact) mass is 236 g/mol. The lowest BCUT2D eigenvalue weighted by atomic mass is 10.1. The van der Waals surface area contributed by atoms with Gasteiger partial charge in [0, 0.05) is 6.42 Å². The molecule has 0 aliphatic rings. The van der Waals surface area contributed by atoms with Crippen LogP contribution >= 0.6 is 0 Å². The van der Waals surface area contributed by atoms with Crippen molar-refractivity contribution in [2.45, 2.75) is 45.6 Å². The van der Waals surface area contributed by atoms with E-state index in [4.69, 9.17) is 9.84 Å². The van der Waals surface area contributed by atoms with E-state index in [1.165, 1.54) is 0 Å². The normalized spacial score (nSPS) is 11.2. The number of phenols is 1. The second-order valence-electron chi connectivity index (χ2n) is 5.11. The number of aryl methyl sites for hydroxylation is 1. The minimum Gasteiger partial charge on any atom is -0.508 e. The third kappa shape index (κ3) is 5.95. The number of carbonyl (C=O) groups excluding carboxylic acids is 1. The molecule has 0 unspecified atom stereocenters. The average molecular weight is 236 g/mol. The molecule has 17 heavy (non-hydrogen) atoms. The molecule has 0 heterocycles. The van der Waals surface area contributed by atoms with E-state index in [9.17, 15) is 4.79 Å². The van der Waals surface area contributed by atoms with Crippen molar-refractivity contribution in [3.63, 3.8) is 0 Å². The zero-order valence-corrected chi connectivity index (χ0v) is 10.7. The summed E-state index contributed by atoms with van der Waals surface area (Å²) < 4.78 is 5.22. The van der Waals surface area contributed by atoms with Crippen molar-refractivity contribution in [1.29, 1.82) is 0 Å². The summed E-state index contributed by atoms with van der Waals surface area (Å²) in [5, 5.41) is 9.12. The van der Waals surface area contributed by atoms with Gasteiger partial charge in [0.25, 0.3) is 0 Å². The third-order valence-corrected chi connectivity index (χ3v) is 2.20. The number of rotatable bonds is 4. The van der Waals surface area contributed by atoms with E-state index in [2.05, 4.69) is 0 Å². The number of ether oxygens (including phenoxy) is 1. The maximum absolute atomic E-state index is 11.4. The molecule has 1 rings (SSSR count). The Morgan fingerprint density at radius 1 is 1.24 bits per heavy atom. The molecule has 0 spiro atoms.